The summed E-state index contributed by atoms with van der Waals surface area (Å²) in [5, 5.41) is 9.45. The maximum absolute atomic E-state index is 12.6. The molecule has 0 aliphatic heterocycles. The van der Waals surface area contributed by atoms with E-state index in [9.17, 15) is 10.1 Å². The Bertz CT molecular complexity index is 719. The van der Waals surface area contributed by atoms with Gasteiger partial charge in [-0.3, -0.25) is 4.79 Å². The molecule has 106 valence electrons. The van der Waals surface area contributed by atoms with Gasteiger partial charge in [0, 0.05) is 15.6 Å². The minimum atomic E-state index is -0.880. The zero-order chi connectivity index (χ0) is 15.4. The quantitative estimate of drug-likeness (QED) is 0.779. The van der Waals surface area contributed by atoms with Crippen LogP contribution in [0.2, 0.25) is 0 Å². The molecule has 0 amide bonds. The molecule has 0 spiro atoms. The van der Waals surface area contributed by atoms with Crippen LogP contribution in [0.4, 0.5) is 0 Å². The molecule has 0 fully saturated rings. The third kappa shape index (κ3) is 3.32. The third-order valence-corrected chi connectivity index (χ3v) is 3.69. The van der Waals surface area contributed by atoms with Crippen molar-refractivity contribution in [1.82, 2.24) is 0 Å². The van der Waals surface area contributed by atoms with Crippen LogP contribution in [0.5, 0.6) is 5.75 Å². The molecular formula is C17H14BrNO2. The fraction of sp³-hybridized carbons (Fsp3) is 0.176. The number of ether oxygens (including phenoxy) is 1. The van der Waals surface area contributed by atoms with E-state index < -0.39 is 5.92 Å². The number of hydrogen-bond acceptors (Lipinski definition) is 3. The Morgan fingerprint density at radius 1 is 1.29 bits per heavy atom. The van der Waals surface area contributed by atoms with Crippen molar-refractivity contribution < 1.29 is 9.53 Å². The molecule has 0 radical (unpaired) electrons. The van der Waals surface area contributed by atoms with Gasteiger partial charge < -0.3 is 4.74 Å². The molecule has 2 aromatic carbocycles. The van der Waals surface area contributed by atoms with Gasteiger partial charge in [0.1, 0.15) is 11.7 Å². The van der Waals surface area contributed by atoms with E-state index in [0.717, 1.165) is 10.0 Å². The number of ketones is 1. The number of nitrogens with zero attached hydrogens (tertiary/aromatic N) is 1. The van der Waals surface area contributed by atoms with Gasteiger partial charge in [-0.15, -0.1) is 0 Å². The Balaban J connectivity index is 2.48. The van der Waals surface area contributed by atoms with Gasteiger partial charge in [0.15, 0.2) is 5.78 Å². The van der Waals surface area contributed by atoms with Crippen molar-refractivity contribution in [3.8, 4) is 11.8 Å². The summed E-state index contributed by atoms with van der Waals surface area (Å²) >= 11 is 3.34. The van der Waals surface area contributed by atoms with Crippen molar-refractivity contribution in [3.63, 3.8) is 0 Å². The molecule has 0 bridgehead atoms. The standard InChI is InChI=1S/C17H14BrNO2/c1-11-6-7-16(21-2)14(8-11)15(10-19)17(20)12-4-3-5-13(18)9-12/h3-9,15H,1-2H3. The van der Waals surface area contributed by atoms with Crippen molar-refractivity contribution in [2.75, 3.05) is 7.11 Å². The Kier molecular flexibility index (Phi) is 4.77. The second-order valence-electron chi connectivity index (χ2n) is 4.68. The summed E-state index contributed by atoms with van der Waals surface area (Å²) in [4.78, 5) is 12.6. The van der Waals surface area contributed by atoms with Gasteiger partial charge in [-0.2, -0.15) is 5.26 Å². The van der Waals surface area contributed by atoms with E-state index >= 15 is 0 Å². The number of hydrogen-bond donors (Lipinski definition) is 0. The highest BCUT2D eigenvalue weighted by atomic mass is 79.9. The molecule has 0 aliphatic rings. The third-order valence-electron chi connectivity index (χ3n) is 3.20. The Morgan fingerprint density at radius 2 is 2.05 bits per heavy atom. The molecule has 21 heavy (non-hydrogen) atoms. The highest BCUT2D eigenvalue weighted by molar-refractivity contribution is 9.10. The lowest BCUT2D eigenvalue weighted by Gasteiger charge is -2.14. The number of aryl methyl sites for hydroxylation is 1. The first-order chi connectivity index (χ1) is 10.1. The Morgan fingerprint density at radius 3 is 2.67 bits per heavy atom. The van der Waals surface area contributed by atoms with E-state index in [4.69, 9.17) is 4.74 Å². The van der Waals surface area contributed by atoms with Crippen molar-refractivity contribution in [2.24, 2.45) is 0 Å². The van der Waals surface area contributed by atoms with Crippen LogP contribution in [0.25, 0.3) is 0 Å². The van der Waals surface area contributed by atoms with E-state index in [-0.39, 0.29) is 5.78 Å². The highest BCUT2D eigenvalue weighted by Crippen LogP contribution is 2.30. The lowest BCUT2D eigenvalue weighted by Crippen LogP contribution is -2.12. The number of nitriles is 1. The van der Waals surface area contributed by atoms with E-state index in [1.54, 1.807) is 24.3 Å². The summed E-state index contributed by atoms with van der Waals surface area (Å²) in [5.41, 5.74) is 2.08. The van der Waals surface area contributed by atoms with Crippen LogP contribution < -0.4 is 4.74 Å². The van der Waals surface area contributed by atoms with Crippen molar-refractivity contribution in [2.45, 2.75) is 12.8 Å². The molecule has 2 rings (SSSR count). The van der Waals surface area contributed by atoms with Gasteiger partial charge in [-0.05, 0) is 25.1 Å². The van der Waals surface area contributed by atoms with Crippen LogP contribution >= 0.6 is 15.9 Å². The fourth-order valence-corrected chi connectivity index (χ4v) is 2.56. The minimum absolute atomic E-state index is 0.234. The van der Waals surface area contributed by atoms with Crippen molar-refractivity contribution >= 4 is 21.7 Å². The van der Waals surface area contributed by atoms with Gasteiger partial charge in [0.05, 0.1) is 13.2 Å². The monoisotopic (exact) mass is 343 g/mol. The topological polar surface area (TPSA) is 50.1 Å². The van der Waals surface area contributed by atoms with E-state index in [1.807, 2.05) is 25.1 Å². The zero-order valence-corrected chi connectivity index (χ0v) is 13.3. The minimum Gasteiger partial charge on any atom is -0.496 e. The molecular weight excluding hydrogens is 330 g/mol. The smallest absolute Gasteiger partial charge is 0.184 e. The van der Waals surface area contributed by atoms with Crippen LogP contribution in [0.15, 0.2) is 46.9 Å². The van der Waals surface area contributed by atoms with Crippen LogP contribution in [-0.4, -0.2) is 12.9 Å². The predicted molar refractivity (Wildman–Crippen MR) is 84.6 cm³/mol. The van der Waals surface area contributed by atoms with E-state index in [2.05, 4.69) is 22.0 Å². The molecule has 3 nitrogen and oxygen atoms in total. The number of rotatable bonds is 4. The first kappa shape index (κ1) is 15.3. The number of benzene rings is 2. The van der Waals surface area contributed by atoms with Crippen molar-refractivity contribution in [3.05, 3.63) is 63.6 Å². The number of Topliss-reactive ketones (excluding diaryl/α,β-unsaturated/α-hetero) is 1. The summed E-state index contributed by atoms with van der Waals surface area (Å²) in [7, 11) is 1.53. The molecule has 4 heteroatoms. The van der Waals surface area contributed by atoms with Gasteiger partial charge in [-0.1, -0.05) is 45.8 Å². The van der Waals surface area contributed by atoms with Gasteiger partial charge in [0.2, 0.25) is 0 Å². The summed E-state index contributed by atoms with van der Waals surface area (Å²) in [5.74, 6) is -0.563. The van der Waals surface area contributed by atoms with Gasteiger partial charge in [0.25, 0.3) is 0 Å². The lowest BCUT2D eigenvalue weighted by atomic mass is 9.90. The number of carbonyl (C=O) groups is 1. The predicted octanol–water partition coefficient (Wildman–Crippen LogP) is 4.26. The van der Waals surface area contributed by atoms with E-state index in [0.29, 0.717) is 16.9 Å². The first-order valence-corrected chi connectivity index (χ1v) is 7.20. The summed E-state index contributed by atoms with van der Waals surface area (Å²) in [6, 6.07) is 14.6. The normalized spacial score (nSPS) is 11.5. The number of carbonyl (C=O) groups excluding carboxylic acids is 1. The Hall–Kier alpha value is -2.12. The molecule has 0 saturated carbocycles. The van der Waals surface area contributed by atoms with Crippen LogP contribution in [0, 0.1) is 18.3 Å². The average Bonchev–Trinajstić information content (AvgIpc) is 2.48. The maximum Gasteiger partial charge on any atom is 0.184 e. The lowest BCUT2D eigenvalue weighted by molar-refractivity contribution is 0.0977. The number of methoxy groups -OCH3 is 1. The molecule has 1 unspecified atom stereocenters. The largest absolute Gasteiger partial charge is 0.496 e. The summed E-state index contributed by atoms with van der Waals surface area (Å²) in [6.07, 6.45) is 0. The molecule has 2 aromatic rings. The maximum atomic E-state index is 12.6. The fourth-order valence-electron chi connectivity index (χ4n) is 2.16. The summed E-state index contributed by atoms with van der Waals surface area (Å²) < 4.78 is 6.09. The molecule has 0 heterocycles. The number of halogens is 1. The van der Waals surface area contributed by atoms with Gasteiger partial charge in [-0.25, -0.2) is 0 Å². The summed E-state index contributed by atoms with van der Waals surface area (Å²) in [6.45, 7) is 1.92. The van der Waals surface area contributed by atoms with Crippen LogP contribution in [0.1, 0.15) is 27.4 Å². The molecule has 0 aromatic heterocycles. The van der Waals surface area contributed by atoms with E-state index in [1.165, 1.54) is 7.11 Å². The second-order valence-corrected chi connectivity index (χ2v) is 5.60. The first-order valence-electron chi connectivity index (χ1n) is 6.40. The Labute approximate surface area is 132 Å². The second kappa shape index (κ2) is 6.55. The van der Waals surface area contributed by atoms with Crippen LogP contribution in [0.3, 0.4) is 0 Å². The zero-order valence-electron chi connectivity index (χ0n) is 11.8. The molecule has 0 saturated heterocycles. The van der Waals surface area contributed by atoms with Crippen LogP contribution in [-0.2, 0) is 0 Å². The molecule has 0 aliphatic carbocycles. The molecule has 1 atom stereocenters. The van der Waals surface area contributed by atoms with Crippen molar-refractivity contribution in [1.29, 1.82) is 5.26 Å². The SMILES string of the molecule is COc1ccc(C)cc1C(C#N)C(=O)c1cccc(Br)c1. The molecule has 0 N–H and O–H groups in total. The highest BCUT2D eigenvalue weighted by Gasteiger charge is 2.25. The average molecular weight is 344 g/mol. The van der Waals surface area contributed by atoms with Gasteiger partial charge >= 0.3 is 0 Å².